The zero-order valence-electron chi connectivity index (χ0n) is 6.96. The number of hydroxylamine groups is 2. The minimum atomic E-state index is -0.706. The molecule has 0 aliphatic rings. The zero-order chi connectivity index (χ0) is 10.0. The lowest BCUT2D eigenvalue weighted by atomic mass is 10.2. The molecule has 72 valence electrons. The summed E-state index contributed by atoms with van der Waals surface area (Å²) in [6, 6.07) is 2.54. The van der Waals surface area contributed by atoms with Gasteiger partial charge in [0.05, 0.1) is 11.6 Å². The van der Waals surface area contributed by atoms with Gasteiger partial charge in [0, 0.05) is 12.6 Å². The maximum absolute atomic E-state index is 13.2. The van der Waals surface area contributed by atoms with Gasteiger partial charge in [0.2, 0.25) is 0 Å². The molecule has 0 saturated heterocycles. The van der Waals surface area contributed by atoms with Gasteiger partial charge in [-0.05, 0) is 12.1 Å². The second kappa shape index (κ2) is 3.91. The third-order valence-electron chi connectivity index (χ3n) is 1.56. The summed E-state index contributed by atoms with van der Waals surface area (Å²) in [7, 11) is 1.35. The summed E-state index contributed by atoms with van der Waals surface area (Å²) in [6.07, 6.45) is 0. The van der Waals surface area contributed by atoms with E-state index in [1.807, 2.05) is 0 Å². The van der Waals surface area contributed by atoms with Crippen molar-refractivity contribution in [2.45, 2.75) is 6.54 Å². The molecule has 0 aliphatic carbocycles. The summed E-state index contributed by atoms with van der Waals surface area (Å²) in [6.45, 7) is -0.113. The number of hydrogen-bond acceptors (Lipinski definition) is 3. The molecule has 3 nitrogen and oxygen atoms in total. The molecule has 0 radical (unpaired) electrons. The largest absolute Gasteiger partial charge is 0.508 e. The molecule has 0 unspecified atom stereocenters. The number of benzene rings is 1. The first kappa shape index (κ1) is 10.2. The Bertz CT molecular complexity index is 317. The lowest BCUT2D eigenvalue weighted by molar-refractivity contribution is -0.0742. The van der Waals surface area contributed by atoms with Crippen LogP contribution in [0.15, 0.2) is 12.1 Å². The Balaban J connectivity index is 3.10. The topological polar surface area (TPSA) is 43.7 Å². The zero-order valence-corrected chi connectivity index (χ0v) is 7.72. The van der Waals surface area contributed by atoms with Crippen molar-refractivity contribution in [3.63, 3.8) is 0 Å². The monoisotopic (exact) mass is 205 g/mol. The molecule has 2 N–H and O–H groups in total. The Kier molecular flexibility index (Phi) is 3.08. The molecule has 1 aromatic rings. The van der Waals surface area contributed by atoms with Crippen molar-refractivity contribution in [3.05, 3.63) is 28.5 Å². The first-order chi connectivity index (χ1) is 6.02. The summed E-state index contributed by atoms with van der Waals surface area (Å²) in [5, 5.41) is 18.8. The van der Waals surface area contributed by atoms with Crippen molar-refractivity contribution in [1.29, 1.82) is 0 Å². The van der Waals surface area contributed by atoms with Crippen LogP contribution in [0.3, 0.4) is 0 Å². The van der Waals surface area contributed by atoms with Crippen LogP contribution >= 0.6 is 11.6 Å². The molecule has 1 aromatic carbocycles. The maximum atomic E-state index is 13.2. The quantitative estimate of drug-likeness (QED) is 0.726. The average Bonchev–Trinajstić information content (AvgIpc) is 2.05. The Morgan fingerprint density at radius 2 is 2.15 bits per heavy atom. The molecule has 0 bridgehead atoms. The van der Waals surface area contributed by atoms with Crippen molar-refractivity contribution >= 4 is 11.6 Å². The fourth-order valence-electron chi connectivity index (χ4n) is 0.962. The van der Waals surface area contributed by atoms with Crippen molar-refractivity contribution in [2.24, 2.45) is 0 Å². The van der Waals surface area contributed by atoms with E-state index in [1.165, 1.54) is 19.2 Å². The summed E-state index contributed by atoms with van der Waals surface area (Å²) < 4.78 is 13.2. The number of halogens is 2. The molecule has 0 saturated carbocycles. The average molecular weight is 206 g/mol. The van der Waals surface area contributed by atoms with Crippen molar-refractivity contribution < 1.29 is 14.7 Å². The van der Waals surface area contributed by atoms with E-state index in [4.69, 9.17) is 16.8 Å². The van der Waals surface area contributed by atoms with Crippen LogP contribution in [0.25, 0.3) is 0 Å². The highest BCUT2D eigenvalue weighted by Crippen LogP contribution is 2.26. The molecule has 0 aliphatic heterocycles. The van der Waals surface area contributed by atoms with E-state index in [0.29, 0.717) is 0 Å². The van der Waals surface area contributed by atoms with Crippen LogP contribution in [0.5, 0.6) is 5.75 Å². The van der Waals surface area contributed by atoms with E-state index in [2.05, 4.69) is 0 Å². The Hall–Kier alpha value is -0.840. The summed E-state index contributed by atoms with van der Waals surface area (Å²) in [5.74, 6) is -0.926. The summed E-state index contributed by atoms with van der Waals surface area (Å²) >= 11 is 5.48. The standard InChI is InChI=1S/C8H9ClFNO2/c1-11(13)4-5-7(12)3-2-6(9)8(5)10/h2-3,12-13H,4H2,1H3. The minimum absolute atomic E-state index is 0.0162. The first-order valence-corrected chi connectivity index (χ1v) is 3.96. The molecule has 0 atom stereocenters. The van der Waals surface area contributed by atoms with Crippen LogP contribution in [0, 0.1) is 5.82 Å². The second-order valence-corrected chi connectivity index (χ2v) is 3.08. The summed E-state index contributed by atoms with van der Waals surface area (Å²) in [5.41, 5.74) is -0.0162. The highest BCUT2D eigenvalue weighted by atomic mass is 35.5. The predicted octanol–water partition coefficient (Wildman–Crippen LogP) is 2.01. The SMILES string of the molecule is CN(O)Cc1c(O)ccc(Cl)c1F. The van der Waals surface area contributed by atoms with Gasteiger partial charge in [-0.15, -0.1) is 0 Å². The van der Waals surface area contributed by atoms with Gasteiger partial charge < -0.3 is 10.3 Å². The van der Waals surface area contributed by atoms with Gasteiger partial charge in [-0.3, -0.25) is 0 Å². The minimum Gasteiger partial charge on any atom is -0.508 e. The number of phenols is 1. The van der Waals surface area contributed by atoms with E-state index < -0.39 is 5.82 Å². The van der Waals surface area contributed by atoms with Crippen LogP contribution < -0.4 is 0 Å². The first-order valence-electron chi connectivity index (χ1n) is 3.58. The van der Waals surface area contributed by atoms with Crippen molar-refractivity contribution in [1.82, 2.24) is 5.06 Å². The van der Waals surface area contributed by atoms with E-state index in [-0.39, 0.29) is 22.9 Å². The molecule has 0 spiro atoms. The van der Waals surface area contributed by atoms with Crippen LogP contribution in [-0.4, -0.2) is 22.4 Å². The fourth-order valence-corrected chi connectivity index (χ4v) is 1.14. The molecule has 0 heterocycles. The molecule has 0 amide bonds. The number of nitrogens with zero attached hydrogens (tertiary/aromatic N) is 1. The Labute approximate surface area is 79.9 Å². The molecule has 0 fully saturated rings. The number of phenolic OH excluding ortho intramolecular Hbond substituents is 1. The molecule has 13 heavy (non-hydrogen) atoms. The van der Waals surface area contributed by atoms with E-state index >= 15 is 0 Å². The number of aromatic hydroxyl groups is 1. The van der Waals surface area contributed by atoms with Crippen molar-refractivity contribution in [3.8, 4) is 5.75 Å². The van der Waals surface area contributed by atoms with Gasteiger partial charge in [-0.2, -0.15) is 5.06 Å². The van der Waals surface area contributed by atoms with Gasteiger partial charge in [-0.25, -0.2) is 4.39 Å². The van der Waals surface area contributed by atoms with Gasteiger partial charge in [0.1, 0.15) is 11.6 Å². The lowest BCUT2D eigenvalue weighted by Crippen LogP contribution is -2.13. The molecule has 1 rings (SSSR count). The van der Waals surface area contributed by atoms with Crippen LogP contribution in [0.2, 0.25) is 5.02 Å². The van der Waals surface area contributed by atoms with E-state index in [1.54, 1.807) is 0 Å². The predicted molar refractivity (Wildman–Crippen MR) is 46.3 cm³/mol. The van der Waals surface area contributed by atoms with Gasteiger partial charge in [0.25, 0.3) is 0 Å². The normalized spacial score (nSPS) is 10.8. The highest BCUT2D eigenvalue weighted by Gasteiger charge is 2.12. The van der Waals surface area contributed by atoms with Gasteiger partial charge in [-0.1, -0.05) is 11.6 Å². The molecule has 0 aromatic heterocycles. The van der Waals surface area contributed by atoms with Gasteiger partial charge in [0.15, 0.2) is 0 Å². The maximum Gasteiger partial charge on any atom is 0.150 e. The van der Waals surface area contributed by atoms with E-state index in [9.17, 15) is 9.50 Å². The third kappa shape index (κ3) is 2.30. The Morgan fingerprint density at radius 1 is 1.54 bits per heavy atom. The molecular weight excluding hydrogens is 197 g/mol. The highest BCUT2D eigenvalue weighted by molar-refractivity contribution is 6.30. The number of hydrogen-bond donors (Lipinski definition) is 2. The van der Waals surface area contributed by atoms with E-state index in [0.717, 1.165) is 5.06 Å². The fraction of sp³-hybridized carbons (Fsp3) is 0.250. The molecule has 5 heteroatoms. The van der Waals surface area contributed by atoms with Gasteiger partial charge >= 0.3 is 0 Å². The molecular formula is C8H9ClFNO2. The van der Waals surface area contributed by atoms with Crippen molar-refractivity contribution in [2.75, 3.05) is 7.05 Å². The lowest BCUT2D eigenvalue weighted by Gasteiger charge is -2.11. The summed E-state index contributed by atoms with van der Waals surface area (Å²) in [4.78, 5) is 0. The van der Waals surface area contributed by atoms with Crippen LogP contribution in [-0.2, 0) is 6.54 Å². The number of rotatable bonds is 2. The third-order valence-corrected chi connectivity index (χ3v) is 1.85. The van der Waals surface area contributed by atoms with Crippen LogP contribution in [0.4, 0.5) is 4.39 Å². The Morgan fingerprint density at radius 3 is 2.69 bits per heavy atom. The second-order valence-electron chi connectivity index (χ2n) is 2.67. The smallest absolute Gasteiger partial charge is 0.150 e. The van der Waals surface area contributed by atoms with Crippen LogP contribution in [0.1, 0.15) is 5.56 Å².